The molecule has 1 aliphatic rings. The van der Waals surface area contributed by atoms with Crippen molar-refractivity contribution in [2.24, 2.45) is 11.7 Å². The van der Waals surface area contributed by atoms with Gasteiger partial charge in [0.15, 0.2) is 0 Å². The molecule has 1 fully saturated rings. The minimum atomic E-state index is -0.662. The molecule has 0 bridgehead atoms. The van der Waals surface area contributed by atoms with Crippen molar-refractivity contribution in [1.29, 1.82) is 0 Å². The van der Waals surface area contributed by atoms with E-state index in [-0.39, 0.29) is 11.8 Å². The van der Waals surface area contributed by atoms with E-state index in [0.29, 0.717) is 13.0 Å². The summed E-state index contributed by atoms with van der Waals surface area (Å²) >= 11 is 0. The standard InChI is InChI=1S/C13H21N3O3/c1-4-10(17)15-11(8(2)3)13(19)16-7-5-6-9(16)12(14)18/h4,8-9,11H,1,5-7H2,2-3H3,(H2,14,18)(H,15,17)/t9-,11?/m0/s1. The minimum Gasteiger partial charge on any atom is -0.368 e. The van der Waals surface area contributed by atoms with Crippen LogP contribution in [0.4, 0.5) is 0 Å². The topological polar surface area (TPSA) is 92.5 Å². The Morgan fingerprint density at radius 3 is 2.53 bits per heavy atom. The lowest BCUT2D eigenvalue weighted by Gasteiger charge is -2.29. The van der Waals surface area contributed by atoms with Crippen LogP contribution in [0.15, 0.2) is 12.7 Å². The fourth-order valence-electron chi connectivity index (χ4n) is 2.23. The van der Waals surface area contributed by atoms with E-state index >= 15 is 0 Å². The zero-order chi connectivity index (χ0) is 14.6. The van der Waals surface area contributed by atoms with Crippen LogP contribution in [-0.4, -0.2) is 41.2 Å². The van der Waals surface area contributed by atoms with Crippen molar-refractivity contribution in [1.82, 2.24) is 10.2 Å². The van der Waals surface area contributed by atoms with Crippen molar-refractivity contribution in [3.8, 4) is 0 Å². The molecule has 106 valence electrons. The summed E-state index contributed by atoms with van der Waals surface area (Å²) in [5.74, 6) is -1.23. The summed E-state index contributed by atoms with van der Waals surface area (Å²) in [6, 6.07) is -1.22. The van der Waals surface area contributed by atoms with Gasteiger partial charge in [0.05, 0.1) is 0 Å². The van der Waals surface area contributed by atoms with Gasteiger partial charge in [0.25, 0.3) is 0 Å². The molecular formula is C13H21N3O3. The van der Waals surface area contributed by atoms with Crippen molar-refractivity contribution in [2.75, 3.05) is 6.54 Å². The summed E-state index contributed by atoms with van der Waals surface area (Å²) in [7, 11) is 0. The van der Waals surface area contributed by atoms with E-state index in [2.05, 4.69) is 11.9 Å². The lowest BCUT2D eigenvalue weighted by Crippen LogP contribution is -2.54. The third kappa shape index (κ3) is 3.56. The van der Waals surface area contributed by atoms with Crippen LogP contribution in [0, 0.1) is 5.92 Å². The summed E-state index contributed by atoms with van der Waals surface area (Å²) in [4.78, 5) is 36.6. The van der Waals surface area contributed by atoms with Crippen LogP contribution < -0.4 is 11.1 Å². The van der Waals surface area contributed by atoms with E-state index in [0.717, 1.165) is 12.5 Å². The highest BCUT2D eigenvalue weighted by Gasteiger charge is 2.37. The monoisotopic (exact) mass is 267 g/mol. The molecule has 0 radical (unpaired) electrons. The number of nitrogens with two attached hydrogens (primary N) is 1. The second kappa shape index (κ2) is 6.36. The lowest BCUT2D eigenvalue weighted by molar-refractivity contribution is -0.141. The number of carbonyl (C=O) groups excluding carboxylic acids is 3. The first kappa shape index (κ1) is 15.2. The molecule has 1 saturated heterocycles. The first-order valence-corrected chi connectivity index (χ1v) is 6.41. The van der Waals surface area contributed by atoms with Gasteiger partial charge >= 0.3 is 0 Å². The Morgan fingerprint density at radius 2 is 2.05 bits per heavy atom. The van der Waals surface area contributed by atoms with Crippen molar-refractivity contribution in [3.05, 3.63) is 12.7 Å². The van der Waals surface area contributed by atoms with Crippen molar-refractivity contribution in [3.63, 3.8) is 0 Å². The molecule has 6 nitrogen and oxygen atoms in total. The Labute approximate surface area is 113 Å². The van der Waals surface area contributed by atoms with Crippen LogP contribution in [0.5, 0.6) is 0 Å². The molecule has 0 aliphatic carbocycles. The zero-order valence-corrected chi connectivity index (χ0v) is 11.4. The third-order valence-electron chi connectivity index (χ3n) is 3.28. The number of nitrogens with zero attached hydrogens (tertiary/aromatic N) is 1. The van der Waals surface area contributed by atoms with E-state index in [1.807, 2.05) is 13.8 Å². The highest BCUT2D eigenvalue weighted by Crippen LogP contribution is 2.19. The molecule has 0 aromatic rings. The maximum absolute atomic E-state index is 12.4. The molecule has 0 spiro atoms. The van der Waals surface area contributed by atoms with E-state index in [4.69, 9.17) is 5.73 Å². The molecule has 3 N–H and O–H groups in total. The maximum Gasteiger partial charge on any atom is 0.246 e. The zero-order valence-electron chi connectivity index (χ0n) is 11.4. The van der Waals surface area contributed by atoms with Crippen LogP contribution >= 0.6 is 0 Å². The van der Waals surface area contributed by atoms with Gasteiger partial charge in [-0.25, -0.2) is 0 Å². The van der Waals surface area contributed by atoms with Crippen molar-refractivity contribution in [2.45, 2.75) is 38.8 Å². The molecule has 1 aliphatic heterocycles. The van der Waals surface area contributed by atoms with Gasteiger partial charge in [-0.15, -0.1) is 0 Å². The maximum atomic E-state index is 12.4. The first-order chi connectivity index (χ1) is 8.88. The second-order valence-electron chi connectivity index (χ2n) is 5.03. The van der Waals surface area contributed by atoms with Crippen LogP contribution in [-0.2, 0) is 14.4 Å². The average molecular weight is 267 g/mol. The SMILES string of the molecule is C=CC(=O)NC(C(=O)N1CCC[C@H]1C(N)=O)C(C)C. The number of rotatable bonds is 5. The van der Waals surface area contributed by atoms with Crippen LogP contribution in [0.25, 0.3) is 0 Å². The van der Waals surface area contributed by atoms with Gasteiger partial charge in [-0.1, -0.05) is 20.4 Å². The molecule has 3 amide bonds. The number of likely N-dealkylation sites (tertiary alicyclic amines) is 1. The van der Waals surface area contributed by atoms with Crippen LogP contribution in [0.3, 0.4) is 0 Å². The Hall–Kier alpha value is -1.85. The average Bonchev–Trinajstić information content (AvgIpc) is 2.83. The summed E-state index contributed by atoms with van der Waals surface area (Å²) in [5, 5.41) is 2.60. The fourth-order valence-corrected chi connectivity index (χ4v) is 2.23. The lowest BCUT2D eigenvalue weighted by atomic mass is 10.0. The molecule has 19 heavy (non-hydrogen) atoms. The van der Waals surface area contributed by atoms with Gasteiger partial charge in [0.2, 0.25) is 17.7 Å². The number of carbonyl (C=O) groups is 3. The Bertz CT molecular complexity index is 393. The highest BCUT2D eigenvalue weighted by atomic mass is 16.2. The number of amides is 3. The van der Waals surface area contributed by atoms with Gasteiger partial charge in [0, 0.05) is 6.54 Å². The molecule has 1 heterocycles. The van der Waals surface area contributed by atoms with Gasteiger partial charge in [0.1, 0.15) is 12.1 Å². The first-order valence-electron chi connectivity index (χ1n) is 6.41. The van der Waals surface area contributed by atoms with Crippen LogP contribution in [0.1, 0.15) is 26.7 Å². The van der Waals surface area contributed by atoms with E-state index in [9.17, 15) is 14.4 Å². The van der Waals surface area contributed by atoms with E-state index < -0.39 is 23.9 Å². The largest absolute Gasteiger partial charge is 0.368 e. The molecule has 1 unspecified atom stereocenters. The molecule has 0 aromatic carbocycles. The predicted molar refractivity (Wildman–Crippen MR) is 70.9 cm³/mol. The third-order valence-corrected chi connectivity index (χ3v) is 3.28. The smallest absolute Gasteiger partial charge is 0.246 e. The van der Waals surface area contributed by atoms with Gasteiger partial charge in [-0.05, 0) is 24.8 Å². The van der Waals surface area contributed by atoms with Crippen molar-refractivity contribution >= 4 is 17.7 Å². The highest BCUT2D eigenvalue weighted by molar-refractivity contribution is 5.94. The van der Waals surface area contributed by atoms with Crippen LogP contribution in [0.2, 0.25) is 0 Å². The van der Waals surface area contributed by atoms with Crippen molar-refractivity contribution < 1.29 is 14.4 Å². The Kier molecular flexibility index (Phi) is 5.09. The molecule has 0 saturated carbocycles. The molecule has 6 heteroatoms. The minimum absolute atomic E-state index is 0.0782. The Morgan fingerprint density at radius 1 is 1.42 bits per heavy atom. The Balaban J connectivity index is 2.84. The normalized spacial score (nSPS) is 20.2. The fraction of sp³-hybridized carbons (Fsp3) is 0.615. The summed E-state index contributed by atoms with van der Waals surface area (Å²) in [6.45, 7) is 7.53. The number of nitrogens with one attached hydrogen (secondary N) is 1. The number of primary amides is 1. The van der Waals surface area contributed by atoms with Gasteiger partial charge in [-0.3, -0.25) is 14.4 Å². The number of hydrogen-bond donors (Lipinski definition) is 2. The summed E-state index contributed by atoms with van der Waals surface area (Å²) in [6.07, 6.45) is 2.46. The molecule has 0 aromatic heterocycles. The summed E-state index contributed by atoms with van der Waals surface area (Å²) in [5.41, 5.74) is 5.29. The summed E-state index contributed by atoms with van der Waals surface area (Å²) < 4.78 is 0. The van der Waals surface area contributed by atoms with Gasteiger partial charge < -0.3 is 16.0 Å². The molecule has 2 atom stereocenters. The molecule has 1 rings (SSSR count). The van der Waals surface area contributed by atoms with E-state index in [1.54, 1.807) is 0 Å². The number of hydrogen-bond acceptors (Lipinski definition) is 3. The molecular weight excluding hydrogens is 246 g/mol. The van der Waals surface area contributed by atoms with Gasteiger partial charge in [-0.2, -0.15) is 0 Å². The quantitative estimate of drug-likeness (QED) is 0.675. The van der Waals surface area contributed by atoms with E-state index in [1.165, 1.54) is 4.90 Å². The second-order valence-corrected chi connectivity index (χ2v) is 5.03. The predicted octanol–water partition coefficient (Wildman–Crippen LogP) is -0.210.